The van der Waals surface area contributed by atoms with E-state index >= 15 is 0 Å². The van der Waals surface area contributed by atoms with Crippen molar-refractivity contribution in [2.24, 2.45) is 23.5 Å². The lowest BCUT2D eigenvalue weighted by Crippen LogP contribution is -2.59. The number of nitrogens with two attached hydrogens (primary N) is 1. The summed E-state index contributed by atoms with van der Waals surface area (Å²) in [6.45, 7) is 4.72. The lowest BCUT2D eigenvalue weighted by Gasteiger charge is -2.35. The molecule has 1 saturated carbocycles. The first-order valence-electron chi connectivity index (χ1n) is 5.95. The molecule has 1 rings (SSSR count). The molecule has 0 radical (unpaired) electrons. The zero-order valence-electron chi connectivity index (χ0n) is 10.5. The Morgan fingerprint density at radius 1 is 1.12 bits per heavy atom. The minimum atomic E-state index is -4.67. The molecule has 100 valence electrons. The zero-order chi connectivity index (χ0) is 13.4. The van der Waals surface area contributed by atoms with E-state index in [9.17, 15) is 18.0 Å². The van der Waals surface area contributed by atoms with Crippen LogP contribution in [0.5, 0.6) is 0 Å². The van der Waals surface area contributed by atoms with Crippen molar-refractivity contribution in [2.75, 3.05) is 0 Å². The zero-order valence-corrected chi connectivity index (χ0v) is 10.5. The van der Waals surface area contributed by atoms with Crippen LogP contribution >= 0.6 is 0 Å². The fraction of sp³-hybridized carbons (Fsp3) is 0.917. The quantitative estimate of drug-likeness (QED) is 0.820. The Hall–Kier alpha value is -0.580. The lowest BCUT2D eigenvalue weighted by molar-refractivity contribution is -0.189. The Bertz CT molecular complexity index is 289. The van der Waals surface area contributed by atoms with E-state index in [1.807, 2.05) is 13.8 Å². The maximum Gasteiger partial charge on any atom is 0.413 e. The molecular weight excluding hydrogens is 231 g/mol. The van der Waals surface area contributed by atoms with Gasteiger partial charge < -0.3 is 5.73 Å². The van der Waals surface area contributed by atoms with Gasteiger partial charge in [-0.2, -0.15) is 13.2 Å². The molecule has 1 fully saturated rings. The molecule has 0 aromatic carbocycles. The van der Waals surface area contributed by atoms with E-state index in [1.165, 1.54) is 0 Å². The number of halogens is 3. The summed E-state index contributed by atoms with van der Waals surface area (Å²) in [5, 5.41) is 0. The van der Waals surface area contributed by atoms with Crippen LogP contribution in [0, 0.1) is 17.8 Å². The van der Waals surface area contributed by atoms with Crippen molar-refractivity contribution in [1.29, 1.82) is 0 Å². The van der Waals surface area contributed by atoms with Crippen molar-refractivity contribution >= 4 is 5.78 Å². The normalized spacial score (nSPS) is 34.2. The minimum absolute atomic E-state index is 0.289. The van der Waals surface area contributed by atoms with E-state index in [0.717, 1.165) is 13.3 Å². The molecule has 0 aromatic heterocycles. The van der Waals surface area contributed by atoms with Gasteiger partial charge in [0.15, 0.2) is 11.3 Å². The Kier molecular flexibility index (Phi) is 3.91. The van der Waals surface area contributed by atoms with Crippen LogP contribution < -0.4 is 5.73 Å². The Labute approximate surface area is 99.7 Å². The number of alkyl halides is 3. The van der Waals surface area contributed by atoms with Crippen molar-refractivity contribution in [1.82, 2.24) is 0 Å². The van der Waals surface area contributed by atoms with Crippen LogP contribution in [0.2, 0.25) is 0 Å². The van der Waals surface area contributed by atoms with Crippen molar-refractivity contribution in [3.05, 3.63) is 0 Å². The van der Waals surface area contributed by atoms with E-state index in [-0.39, 0.29) is 11.8 Å². The van der Waals surface area contributed by atoms with Gasteiger partial charge in [-0.05, 0) is 38.0 Å². The minimum Gasteiger partial charge on any atom is -0.312 e. The summed E-state index contributed by atoms with van der Waals surface area (Å²) in [6, 6.07) is 0. The highest BCUT2D eigenvalue weighted by Crippen LogP contribution is 2.38. The molecule has 17 heavy (non-hydrogen) atoms. The van der Waals surface area contributed by atoms with E-state index in [4.69, 9.17) is 5.73 Å². The molecule has 1 aliphatic carbocycles. The monoisotopic (exact) mass is 251 g/mol. The largest absolute Gasteiger partial charge is 0.413 e. The average molecular weight is 251 g/mol. The first-order valence-corrected chi connectivity index (χ1v) is 5.95. The van der Waals surface area contributed by atoms with E-state index in [1.54, 1.807) is 0 Å². The number of Topliss-reactive ketones (excluding diaryl/α,β-unsaturated/α-hetero) is 1. The molecule has 0 aliphatic heterocycles. The van der Waals surface area contributed by atoms with Gasteiger partial charge in [0.2, 0.25) is 0 Å². The smallest absolute Gasteiger partial charge is 0.312 e. The Balaban J connectivity index is 2.83. The van der Waals surface area contributed by atoms with Crippen molar-refractivity contribution in [3.8, 4) is 0 Å². The molecule has 0 spiro atoms. The number of carbonyl (C=O) groups is 1. The van der Waals surface area contributed by atoms with Gasteiger partial charge in [-0.15, -0.1) is 0 Å². The number of hydrogen-bond acceptors (Lipinski definition) is 2. The van der Waals surface area contributed by atoms with Gasteiger partial charge >= 0.3 is 6.18 Å². The summed E-state index contributed by atoms with van der Waals surface area (Å²) in [5.74, 6) is -0.831. The summed E-state index contributed by atoms with van der Waals surface area (Å²) in [7, 11) is 0. The van der Waals surface area contributed by atoms with Crippen LogP contribution in [0.4, 0.5) is 13.2 Å². The second-order valence-corrected chi connectivity index (χ2v) is 5.68. The molecule has 0 bridgehead atoms. The number of rotatable bonds is 2. The third-order valence-electron chi connectivity index (χ3n) is 3.65. The summed E-state index contributed by atoms with van der Waals surface area (Å²) in [6.07, 6.45) is -2.66. The van der Waals surface area contributed by atoms with Crippen LogP contribution in [0.1, 0.15) is 40.0 Å². The van der Waals surface area contributed by atoms with Crippen molar-refractivity contribution < 1.29 is 18.0 Å². The molecule has 3 unspecified atom stereocenters. The summed E-state index contributed by atoms with van der Waals surface area (Å²) >= 11 is 0. The average Bonchev–Trinajstić information content (AvgIpc) is 2.13. The fourth-order valence-electron chi connectivity index (χ4n) is 2.72. The standard InChI is InChI=1S/C12H20F3NO/c1-7-4-8(2)6-9(5-7)10(17)11(3,16)12(13,14)15/h7-9H,4-6,16H2,1-3H3. The third-order valence-corrected chi connectivity index (χ3v) is 3.65. The second kappa shape index (κ2) is 4.59. The number of hydrogen-bond donors (Lipinski definition) is 1. The van der Waals surface area contributed by atoms with Gasteiger partial charge in [0.05, 0.1) is 0 Å². The molecule has 3 atom stereocenters. The molecule has 2 nitrogen and oxygen atoms in total. The third kappa shape index (κ3) is 3.00. The van der Waals surface area contributed by atoms with Crippen molar-refractivity contribution in [2.45, 2.75) is 51.7 Å². The lowest BCUT2D eigenvalue weighted by atomic mass is 9.71. The summed E-state index contributed by atoms with van der Waals surface area (Å²) in [4.78, 5) is 11.9. The first-order chi connectivity index (χ1) is 7.55. The van der Waals surface area contributed by atoms with Gasteiger partial charge in [-0.3, -0.25) is 4.79 Å². The van der Waals surface area contributed by atoms with E-state index in [2.05, 4.69) is 0 Å². The van der Waals surface area contributed by atoms with E-state index in [0.29, 0.717) is 12.8 Å². The summed E-state index contributed by atoms with van der Waals surface area (Å²) in [5.41, 5.74) is 2.47. The first kappa shape index (κ1) is 14.5. The molecule has 0 heterocycles. The predicted octanol–water partition coefficient (Wildman–Crippen LogP) is 2.91. The topological polar surface area (TPSA) is 43.1 Å². The van der Waals surface area contributed by atoms with Gasteiger partial charge in [0, 0.05) is 5.92 Å². The number of carbonyl (C=O) groups excluding carboxylic acids is 1. The van der Waals surface area contributed by atoms with Gasteiger partial charge in [-0.1, -0.05) is 13.8 Å². The number of ketones is 1. The Morgan fingerprint density at radius 3 is 1.88 bits per heavy atom. The molecule has 5 heteroatoms. The fourth-order valence-corrected chi connectivity index (χ4v) is 2.72. The van der Waals surface area contributed by atoms with Gasteiger partial charge in [0.1, 0.15) is 0 Å². The maximum atomic E-state index is 12.7. The van der Waals surface area contributed by atoms with Crippen LogP contribution in [0.3, 0.4) is 0 Å². The molecular formula is C12H20F3NO. The maximum absolute atomic E-state index is 12.7. The van der Waals surface area contributed by atoms with Gasteiger partial charge in [0.25, 0.3) is 0 Å². The highest BCUT2D eigenvalue weighted by atomic mass is 19.4. The second-order valence-electron chi connectivity index (χ2n) is 5.68. The molecule has 2 N–H and O–H groups in total. The van der Waals surface area contributed by atoms with Crippen molar-refractivity contribution in [3.63, 3.8) is 0 Å². The predicted molar refractivity (Wildman–Crippen MR) is 59.3 cm³/mol. The SMILES string of the molecule is CC1CC(C)CC(C(=O)C(C)(N)C(F)(F)F)C1. The molecule has 0 amide bonds. The highest BCUT2D eigenvalue weighted by Gasteiger charge is 2.55. The van der Waals surface area contributed by atoms with E-state index < -0.39 is 23.4 Å². The Morgan fingerprint density at radius 2 is 1.53 bits per heavy atom. The van der Waals surface area contributed by atoms with Crippen LogP contribution in [0.15, 0.2) is 0 Å². The summed E-state index contributed by atoms with van der Waals surface area (Å²) < 4.78 is 38.1. The molecule has 0 aromatic rings. The molecule has 1 aliphatic rings. The van der Waals surface area contributed by atoms with Crippen LogP contribution in [0.25, 0.3) is 0 Å². The van der Waals surface area contributed by atoms with Crippen LogP contribution in [-0.2, 0) is 4.79 Å². The van der Waals surface area contributed by atoms with Crippen LogP contribution in [-0.4, -0.2) is 17.5 Å². The van der Waals surface area contributed by atoms with Gasteiger partial charge in [-0.25, -0.2) is 0 Å². The highest BCUT2D eigenvalue weighted by molar-refractivity contribution is 5.90. The molecule has 0 saturated heterocycles.